The van der Waals surface area contributed by atoms with Crippen molar-refractivity contribution < 1.29 is 4.58 Å². The number of benzene rings is 5. The van der Waals surface area contributed by atoms with Crippen LogP contribution in [-0.4, -0.2) is 29.8 Å². The Morgan fingerprint density at radius 3 is 2.26 bits per heavy atom. The van der Waals surface area contributed by atoms with E-state index in [1.165, 1.54) is 76.1 Å². The van der Waals surface area contributed by atoms with Gasteiger partial charge in [-0.15, -0.1) is 11.3 Å². The Morgan fingerprint density at radius 1 is 0.774 bits per heavy atom. The van der Waals surface area contributed by atoms with E-state index in [4.69, 9.17) is 0 Å². The molecular weight excluding hydrogens is 677 g/mol. The lowest BCUT2D eigenvalue weighted by molar-refractivity contribution is -0.478. The maximum atomic E-state index is 2.84. The summed E-state index contributed by atoms with van der Waals surface area (Å²) in [6.07, 6.45) is 6.26. The monoisotopic (exact) mass is 721 g/mol. The molecule has 5 unspecified atom stereocenters. The molecule has 4 heteroatoms. The van der Waals surface area contributed by atoms with Crippen molar-refractivity contribution in [3.05, 3.63) is 172 Å². The number of hydrogen-bond acceptors (Lipinski definition) is 2. The van der Waals surface area contributed by atoms with Crippen molar-refractivity contribution in [1.82, 2.24) is 4.90 Å². The van der Waals surface area contributed by atoms with Gasteiger partial charge in [0.25, 0.3) is 0 Å². The van der Waals surface area contributed by atoms with Gasteiger partial charge >= 0.3 is 0 Å². The van der Waals surface area contributed by atoms with Crippen LogP contribution in [0.4, 0.5) is 0 Å². The molecular formula is C49H45N2SSi+. The quantitative estimate of drug-likeness (QED) is 0.130. The van der Waals surface area contributed by atoms with Crippen LogP contribution in [0.1, 0.15) is 66.1 Å². The summed E-state index contributed by atoms with van der Waals surface area (Å²) in [7, 11) is -1.51. The third kappa shape index (κ3) is 4.64. The Bertz CT molecular complexity index is 2650. The number of hydrogen-bond donors (Lipinski definition) is 0. The maximum absolute atomic E-state index is 2.84. The van der Waals surface area contributed by atoms with Crippen molar-refractivity contribution in [2.45, 2.75) is 57.9 Å². The van der Waals surface area contributed by atoms with Crippen LogP contribution in [0.25, 0.3) is 37.0 Å². The fourth-order valence-electron chi connectivity index (χ4n) is 10.6. The van der Waals surface area contributed by atoms with Gasteiger partial charge in [-0.05, 0) is 52.7 Å². The van der Waals surface area contributed by atoms with E-state index in [-0.39, 0.29) is 0 Å². The first-order valence-electron chi connectivity index (χ1n) is 19.5. The Kier molecular flexibility index (Phi) is 6.80. The highest BCUT2D eigenvalue weighted by molar-refractivity contribution is 7.26. The average molecular weight is 722 g/mol. The molecule has 0 spiro atoms. The van der Waals surface area contributed by atoms with Crippen LogP contribution >= 0.6 is 11.3 Å². The van der Waals surface area contributed by atoms with Crippen LogP contribution in [0.5, 0.6) is 0 Å². The maximum Gasteiger partial charge on any atom is 0.214 e. The first-order valence-corrected chi connectivity index (χ1v) is 23.8. The first-order chi connectivity index (χ1) is 25.8. The minimum Gasteiger partial charge on any atom is -0.366 e. The largest absolute Gasteiger partial charge is 0.366 e. The van der Waals surface area contributed by atoms with Crippen molar-refractivity contribution in [3.63, 3.8) is 0 Å². The van der Waals surface area contributed by atoms with Crippen molar-refractivity contribution in [3.8, 4) is 11.1 Å². The molecule has 6 aromatic rings. The molecule has 1 aromatic heterocycles. The predicted octanol–water partition coefficient (Wildman–Crippen LogP) is 12.5. The molecule has 5 aromatic carbocycles. The molecule has 260 valence electrons. The zero-order valence-corrected chi connectivity index (χ0v) is 33.0. The third-order valence-electron chi connectivity index (χ3n) is 12.9. The van der Waals surface area contributed by atoms with E-state index in [1.54, 1.807) is 10.8 Å². The summed E-state index contributed by atoms with van der Waals surface area (Å²) in [5, 5.41) is 4.37. The summed E-state index contributed by atoms with van der Waals surface area (Å²) < 4.78 is 5.68. The van der Waals surface area contributed by atoms with Crippen LogP contribution in [0, 0.1) is 11.8 Å². The number of rotatable bonds is 3. The Labute approximate surface area is 318 Å². The van der Waals surface area contributed by atoms with Gasteiger partial charge in [-0.3, -0.25) is 0 Å². The van der Waals surface area contributed by atoms with Crippen LogP contribution in [0.15, 0.2) is 144 Å². The number of allylic oxidation sites excluding steroid dienone is 2. The zero-order valence-electron chi connectivity index (χ0n) is 31.2. The van der Waals surface area contributed by atoms with Gasteiger partial charge in [0.05, 0.1) is 25.2 Å². The molecule has 0 N–H and O–H groups in total. The van der Waals surface area contributed by atoms with Gasteiger partial charge in [0.1, 0.15) is 0 Å². The second kappa shape index (κ2) is 11.4. The molecule has 1 aliphatic carbocycles. The summed E-state index contributed by atoms with van der Waals surface area (Å²) >= 11 is 2.00. The molecule has 5 heterocycles. The highest BCUT2D eigenvalue weighted by Crippen LogP contribution is 2.64. The predicted molar refractivity (Wildman–Crippen MR) is 226 cm³/mol. The fourth-order valence-corrected chi connectivity index (χ4v) is 13.8. The summed E-state index contributed by atoms with van der Waals surface area (Å²) in [6, 6.07) is 44.3. The molecule has 1 saturated carbocycles. The van der Waals surface area contributed by atoms with Crippen molar-refractivity contribution in [2.75, 3.05) is 6.54 Å². The van der Waals surface area contributed by atoms with Crippen molar-refractivity contribution >= 4 is 51.0 Å². The smallest absolute Gasteiger partial charge is 0.214 e. The van der Waals surface area contributed by atoms with E-state index in [9.17, 15) is 0 Å². The lowest BCUT2D eigenvalue weighted by Crippen LogP contribution is -2.34. The summed E-state index contributed by atoms with van der Waals surface area (Å²) in [5.74, 6) is 1.45. The topological polar surface area (TPSA) is 6.25 Å². The lowest BCUT2D eigenvalue weighted by atomic mass is 9.89. The minimum absolute atomic E-state index is 0.311. The summed E-state index contributed by atoms with van der Waals surface area (Å²) in [4.78, 5) is 2.72. The normalized spacial score (nSPS) is 25.8. The first kappa shape index (κ1) is 31.7. The Morgan fingerprint density at radius 2 is 1.49 bits per heavy atom. The number of thiophene rings is 1. The molecule has 5 atom stereocenters. The standard InChI is InChI=1S/C49H45N2SSi/c1-29-24-40-34-18-12-13-19-36(34)44-39(27-50(40)28-43(29)53(3,4)5)46(44)48-38-23-22-37-35-21-20-33(31-14-8-6-9-15-31)26-42(35)52-49(37)45(38)41-25-30(2)47(51(41)48)32-16-10-7-11-17-32/h6-24,26,28,30,39-40,44,47H,25,27H2,1-5H3/q+1/b48-46-. The second-order valence-corrected chi connectivity index (χ2v) is 23.3. The van der Waals surface area contributed by atoms with E-state index in [1.807, 2.05) is 11.3 Å². The number of fused-ring (bicyclic) bond motifs is 11. The van der Waals surface area contributed by atoms with Gasteiger partial charge in [-0.25, -0.2) is 0 Å². The molecule has 53 heavy (non-hydrogen) atoms. The fraction of sp³-hybridized carbons (Fsp3) is 0.245. The van der Waals surface area contributed by atoms with Gasteiger partial charge in [-0.1, -0.05) is 141 Å². The highest BCUT2D eigenvalue weighted by atomic mass is 32.1. The second-order valence-electron chi connectivity index (χ2n) is 17.2. The van der Waals surface area contributed by atoms with Gasteiger partial charge in [0.2, 0.25) is 5.70 Å². The molecule has 1 fully saturated rings. The van der Waals surface area contributed by atoms with E-state index in [0.29, 0.717) is 29.8 Å². The van der Waals surface area contributed by atoms with Gasteiger partial charge in [-0.2, -0.15) is 4.58 Å². The molecule has 2 nitrogen and oxygen atoms in total. The van der Waals surface area contributed by atoms with E-state index < -0.39 is 8.07 Å². The van der Waals surface area contributed by atoms with Crippen LogP contribution in [-0.2, 0) is 0 Å². The van der Waals surface area contributed by atoms with Crippen LogP contribution in [0.2, 0.25) is 19.6 Å². The molecule has 0 saturated heterocycles. The third-order valence-corrected chi connectivity index (χ3v) is 16.3. The Hall–Kier alpha value is -4.77. The zero-order chi connectivity index (χ0) is 35.7. The lowest BCUT2D eigenvalue weighted by Gasteiger charge is -2.37. The Balaban J connectivity index is 1.14. The molecule has 5 aliphatic rings. The van der Waals surface area contributed by atoms with E-state index in [2.05, 4.69) is 171 Å². The molecule has 0 amide bonds. The average Bonchev–Trinajstić information content (AvgIpc) is 3.42. The van der Waals surface area contributed by atoms with Gasteiger partial charge in [0, 0.05) is 62.0 Å². The number of nitrogens with zero attached hydrogens (tertiary/aromatic N) is 2. The molecule has 4 aliphatic heterocycles. The van der Waals surface area contributed by atoms with Crippen LogP contribution in [0.3, 0.4) is 0 Å². The molecule has 11 rings (SSSR count). The van der Waals surface area contributed by atoms with Gasteiger partial charge in [0.15, 0.2) is 11.8 Å². The minimum atomic E-state index is -1.51. The van der Waals surface area contributed by atoms with E-state index in [0.717, 1.165) is 13.0 Å². The SMILES string of the molecule is CC1=CC2c3ccccc3C3/C(=C4/c5ccc6c(sc7cc(-c8ccccc8)ccc76)c5C5=[N+]4C(c4ccccc4)C(C)C5)C3CN2C=C1[Si](C)(C)C. The molecule has 0 bridgehead atoms. The summed E-state index contributed by atoms with van der Waals surface area (Å²) in [6.45, 7) is 13.4. The molecule has 0 radical (unpaired) electrons. The van der Waals surface area contributed by atoms with Crippen molar-refractivity contribution in [1.29, 1.82) is 0 Å². The van der Waals surface area contributed by atoms with E-state index >= 15 is 0 Å². The highest BCUT2D eigenvalue weighted by Gasteiger charge is 2.59. The van der Waals surface area contributed by atoms with Crippen LogP contribution < -0.4 is 0 Å². The summed E-state index contributed by atoms with van der Waals surface area (Å²) in [5.41, 5.74) is 16.2. The van der Waals surface area contributed by atoms with Gasteiger partial charge < -0.3 is 4.90 Å². The van der Waals surface area contributed by atoms with Crippen molar-refractivity contribution in [2.24, 2.45) is 11.8 Å².